The molecule has 0 radical (unpaired) electrons. The zero-order valence-electron chi connectivity index (χ0n) is 33.5. The number of hydrogen-bond acceptors (Lipinski definition) is 11. The number of nitrogens with zero attached hydrogens (tertiary/aromatic N) is 5. The van der Waals surface area contributed by atoms with Gasteiger partial charge in [0.05, 0.1) is 20.9 Å². The third kappa shape index (κ3) is 10.2. The molecule has 1 saturated heterocycles. The van der Waals surface area contributed by atoms with Crippen molar-refractivity contribution in [3.63, 3.8) is 0 Å². The number of nitro groups is 1. The third-order valence-corrected chi connectivity index (χ3v) is 13.4. The van der Waals surface area contributed by atoms with Crippen LogP contribution >= 0.6 is 11.8 Å². The molecule has 59 heavy (non-hydrogen) atoms. The molecule has 1 atom stereocenters. The lowest BCUT2D eigenvalue weighted by Crippen LogP contribution is -2.47. The Kier molecular flexibility index (Phi) is 13.1. The number of thioether (sulfide) groups is 1. The number of anilines is 3. The molecule has 0 spiro atoms. The number of hydrogen-bond donors (Lipinski definition) is 2. The van der Waals surface area contributed by atoms with Gasteiger partial charge in [-0.2, -0.15) is 0 Å². The maximum Gasteiger partial charge on any atom is 0.293 e. The molecule has 0 amide bonds. The van der Waals surface area contributed by atoms with Crippen LogP contribution in [0, 0.1) is 10.1 Å². The minimum atomic E-state index is -4.27. The summed E-state index contributed by atoms with van der Waals surface area (Å²) < 4.78 is 36.4. The highest BCUT2D eigenvalue weighted by molar-refractivity contribution is 7.99. The molecular weight excluding hydrogens is 783 g/mol. The summed E-state index contributed by atoms with van der Waals surface area (Å²) in [6.45, 7) is 2.30. The van der Waals surface area contributed by atoms with E-state index in [1.807, 2.05) is 68.7 Å². The Balaban J connectivity index is 1.05. The first-order valence-electron chi connectivity index (χ1n) is 19.6. The average molecular weight is 832 g/mol. The van der Waals surface area contributed by atoms with E-state index in [-0.39, 0.29) is 33.7 Å². The van der Waals surface area contributed by atoms with Gasteiger partial charge in [-0.3, -0.25) is 14.8 Å². The summed E-state index contributed by atoms with van der Waals surface area (Å²) in [5, 5.41) is 16.2. The van der Waals surface area contributed by atoms with Crippen LogP contribution in [0.1, 0.15) is 24.8 Å². The number of ether oxygens (including phenoxy) is 1. The minimum Gasteiger partial charge on any atom is -0.378 e. The van der Waals surface area contributed by atoms with E-state index >= 15 is 0 Å². The SMILES string of the molecule is COC1(Cc2ccccc2-c2ccccc2)CCN(c2ccc3c(NS(=O)(=O)c4ccc(NC(CCN(C)C)CSc5ccccc5)c([N+](=O)[O-])c4)ncnc3c2)CC1. The Morgan fingerprint density at radius 1 is 0.915 bits per heavy atom. The number of sulfonamides is 1. The maximum absolute atomic E-state index is 13.8. The number of piperidine rings is 1. The maximum atomic E-state index is 13.8. The van der Waals surface area contributed by atoms with Crippen molar-refractivity contribution in [1.82, 2.24) is 14.9 Å². The number of nitrogens with one attached hydrogen (secondary N) is 2. The van der Waals surface area contributed by atoms with Gasteiger partial charge in [-0.15, -0.1) is 11.8 Å². The fraction of sp³-hybridized carbons (Fsp3) is 0.289. The van der Waals surface area contributed by atoms with Gasteiger partial charge in [-0.05, 0) is 99.1 Å². The van der Waals surface area contributed by atoms with Gasteiger partial charge in [0.25, 0.3) is 15.7 Å². The van der Waals surface area contributed by atoms with Crippen LogP contribution in [-0.2, 0) is 21.2 Å². The summed E-state index contributed by atoms with van der Waals surface area (Å²) in [4.78, 5) is 25.7. The van der Waals surface area contributed by atoms with E-state index < -0.39 is 14.9 Å². The summed E-state index contributed by atoms with van der Waals surface area (Å²) in [6.07, 6.45) is 4.48. The van der Waals surface area contributed by atoms with E-state index in [1.165, 1.54) is 35.2 Å². The number of aromatic nitrogens is 2. The van der Waals surface area contributed by atoms with E-state index in [1.54, 1.807) is 18.9 Å². The summed E-state index contributed by atoms with van der Waals surface area (Å²) in [6, 6.07) is 38.4. The molecule has 0 bridgehead atoms. The molecule has 5 aromatic carbocycles. The Hall–Kier alpha value is -5.54. The Morgan fingerprint density at radius 3 is 2.34 bits per heavy atom. The van der Waals surface area contributed by atoms with Crippen molar-refractivity contribution in [3.05, 3.63) is 143 Å². The molecular formula is C45H49N7O5S2. The largest absolute Gasteiger partial charge is 0.378 e. The Morgan fingerprint density at radius 2 is 1.63 bits per heavy atom. The monoisotopic (exact) mass is 831 g/mol. The van der Waals surface area contributed by atoms with Crippen molar-refractivity contribution in [2.45, 2.75) is 47.1 Å². The van der Waals surface area contributed by atoms with Crippen molar-refractivity contribution in [2.24, 2.45) is 0 Å². The van der Waals surface area contributed by atoms with Crippen molar-refractivity contribution in [1.29, 1.82) is 0 Å². The molecule has 1 aromatic heterocycles. The standard InChI is InChI=1S/C45H49N7O5S2/c1-50(2)25-22-35(31-58-37-15-8-5-9-16-37)48-41-21-19-38(29-43(41)52(53)54)59(55,56)49-44-40-20-18-36(28-42(40)46-32-47-44)51-26-23-45(57-3,24-27-51)30-34-14-10-11-17-39(34)33-12-6-4-7-13-33/h4-21,28-29,32,35,48H,22-27,30-31H2,1-3H3,(H,46,47,49). The number of benzene rings is 5. The molecule has 7 rings (SSSR count). The first-order chi connectivity index (χ1) is 28.5. The summed E-state index contributed by atoms with van der Waals surface area (Å²) in [5.41, 5.74) is 4.80. The first-order valence-corrected chi connectivity index (χ1v) is 22.1. The number of fused-ring (bicyclic) bond motifs is 1. The van der Waals surface area contributed by atoms with Crippen LogP contribution in [0.15, 0.2) is 137 Å². The van der Waals surface area contributed by atoms with Crippen LogP contribution in [-0.4, -0.2) is 86.4 Å². The van der Waals surface area contributed by atoms with E-state index in [0.29, 0.717) is 16.7 Å². The van der Waals surface area contributed by atoms with E-state index in [9.17, 15) is 18.5 Å². The van der Waals surface area contributed by atoms with Gasteiger partial charge >= 0.3 is 0 Å². The second kappa shape index (κ2) is 18.6. The van der Waals surface area contributed by atoms with Crippen molar-refractivity contribution in [2.75, 3.05) is 61.5 Å². The Bertz CT molecular complexity index is 2480. The molecule has 0 saturated carbocycles. The van der Waals surface area contributed by atoms with Gasteiger partial charge in [0.2, 0.25) is 0 Å². The van der Waals surface area contributed by atoms with Crippen LogP contribution in [0.2, 0.25) is 0 Å². The molecule has 14 heteroatoms. The van der Waals surface area contributed by atoms with E-state index in [2.05, 4.69) is 78.3 Å². The first kappa shape index (κ1) is 41.6. The van der Waals surface area contributed by atoms with Gasteiger partial charge in [-0.25, -0.2) is 18.4 Å². The number of rotatable bonds is 17. The Labute approximate surface area is 350 Å². The lowest BCUT2D eigenvalue weighted by molar-refractivity contribution is -0.384. The summed E-state index contributed by atoms with van der Waals surface area (Å²) in [5.74, 6) is 0.747. The fourth-order valence-electron chi connectivity index (χ4n) is 7.55. The lowest BCUT2D eigenvalue weighted by Gasteiger charge is -2.42. The van der Waals surface area contributed by atoms with Gasteiger partial charge in [0, 0.05) is 60.5 Å². The highest BCUT2D eigenvalue weighted by Gasteiger charge is 2.36. The van der Waals surface area contributed by atoms with Gasteiger partial charge < -0.3 is 19.9 Å². The molecule has 2 heterocycles. The normalized spacial score (nSPS) is 14.6. The average Bonchev–Trinajstić information content (AvgIpc) is 3.25. The molecule has 6 aromatic rings. The van der Waals surface area contributed by atoms with Crippen molar-refractivity contribution >= 4 is 55.6 Å². The van der Waals surface area contributed by atoms with Gasteiger partial charge in [0.15, 0.2) is 5.82 Å². The second-order valence-electron chi connectivity index (χ2n) is 15.1. The molecule has 1 fully saturated rings. The molecule has 1 unspecified atom stereocenters. The lowest BCUT2D eigenvalue weighted by atomic mass is 9.82. The van der Waals surface area contributed by atoms with Gasteiger partial charge in [-0.1, -0.05) is 72.8 Å². The minimum absolute atomic E-state index is 0.0854. The third-order valence-electron chi connectivity index (χ3n) is 10.9. The zero-order valence-corrected chi connectivity index (χ0v) is 35.1. The van der Waals surface area contributed by atoms with Crippen LogP contribution in [0.4, 0.5) is 22.9 Å². The van der Waals surface area contributed by atoms with E-state index in [0.717, 1.165) is 62.0 Å². The molecule has 0 aliphatic carbocycles. The molecule has 306 valence electrons. The molecule has 1 aliphatic heterocycles. The van der Waals surface area contributed by atoms with E-state index in [4.69, 9.17) is 4.74 Å². The van der Waals surface area contributed by atoms with Crippen LogP contribution in [0.3, 0.4) is 0 Å². The second-order valence-corrected chi connectivity index (χ2v) is 17.9. The predicted octanol–water partition coefficient (Wildman–Crippen LogP) is 8.76. The smallest absolute Gasteiger partial charge is 0.293 e. The van der Waals surface area contributed by atoms with Crippen molar-refractivity contribution in [3.8, 4) is 11.1 Å². The number of nitro benzene ring substituents is 1. The van der Waals surface area contributed by atoms with Gasteiger partial charge in [0.1, 0.15) is 12.0 Å². The molecule has 2 N–H and O–H groups in total. The highest BCUT2D eigenvalue weighted by atomic mass is 32.2. The fourth-order valence-corrected chi connectivity index (χ4v) is 9.59. The van der Waals surface area contributed by atoms with Crippen LogP contribution in [0.5, 0.6) is 0 Å². The zero-order chi connectivity index (χ0) is 41.4. The topological polar surface area (TPSA) is 143 Å². The summed E-state index contributed by atoms with van der Waals surface area (Å²) >= 11 is 1.66. The quantitative estimate of drug-likeness (QED) is 0.0518. The molecule has 1 aliphatic rings. The molecule has 12 nitrogen and oxygen atoms in total. The van der Waals surface area contributed by atoms with Crippen LogP contribution in [0.25, 0.3) is 22.0 Å². The predicted molar refractivity (Wildman–Crippen MR) is 238 cm³/mol. The highest BCUT2D eigenvalue weighted by Crippen LogP contribution is 2.37. The van der Waals surface area contributed by atoms with Crippen LogP contribution < -0.4 is 14.9 Å². The summed E-state index contributed by atoms with van der Waals surface area (Å²) in [7, 11) is 1.48. The number of methoxy groups -OCH3 is 1. The van der Waals surface area contributed by atoms with Crippen molar-refractivity contribution < 1.29 is 18.1 Å².